The fourth-order valence-electron chi connectivity index (χ4n) is 1.37. The van der Waals surface area contributed by atoms with Crippen LogP contribution in [0.15, 0.2) is 10.5 Å². The summed E-state index contributed by atoms with van der Waals surface area (Å²) in [6.07, 6.45) is 0. The summed E-state index contributed by atoms with van der Waals surface area (Å²) in [5.41, 5.74) is 5.35. The lowest BCUT2D eigenvalue weighted by molar-refractivity contribution is -0.173. The van der Waals surface area contributed by atoms with E-state index in [1.54, 1.807) is 0 Å². The van der Waals surface area contributed by atoms with Gasteiger partial charge in [0, 0.05) is 13.0 Å². The van der Waals surface area contributed by atoms with Crippen molar-refractivity contribution in [1.29, 1.82) is 0 Å². The highest BCUT2D eigenvalue weighted by Crippen LogP contribution is 2.48. The number of carboxylic acids is 1. The van der Waals surface area contributed by atoms with Gasteiger partial charge in [-0.1, -0.05) is 0 Å². The van der Waals surface area contributed by atoms with Gasteiger partial charge < -0.3 is 20.3 Å². The zero-order valence-corrected chi connectivity index (χ0v) is 9.67. The molecule has 0 saturated carbocycles. The smallest absolute Gasteiger partial charge is 0.404 e. The van der Waals surface area contributed by atoms with Gasteiger partial charge in [-0.25, -0.2) is 4.79 Å². The average Bonchev–Trinajstić information content (AvgIpc) is 2.46. The predicted octanol–water partition coefficient (Wildman–Crippen LogP) is 2.14. The van der Waals surface area contributed by atoms with Gasteiger partial charge in [0.1, 0.15) is 0 Å². The minimum Gasteiger partial charge on any atom is -0.478 e. The van der Waals surface area contributed by atoms with E-state index in [2.05, 4.69) is 15.9 Å². The highest BCUT2D eigenvalue weighted by molar-refractivity contribution is 9.10. The number of benzene rings is 1. The summed E-state index contributed by atoms with van der Waals surface area (Å²) >= 11 is 3.04. The van der Waals surface area contributed by atoms with Gasteiger partial charge in [0.05, 0.1) is 15.7 Å². The zero-order valence-electron chi connectivity index (χ0n) is 8.08. The van der Waals surface area contributed by atoms with Crippen molar-refractivity contribution in [3.63, 3.8) is 0 Å². The van der Waals surface area contributed by atoms with Crippen LogP contribution in [0.5, 0.6) is 11.5 Å². The number of fused-ring (bicyclic) bond motifs is 1. The molecule has 1 aliphatic heterocycles. The van der Waals surface area contributed by atoms with Gasteiger partial charge >= 0.3 is 12.0 Å². The second-order valence-electron chi connectivity index (χ2n) is 3.32. The number of ether oxygens (including phenoxy) is 2. The molecule has 0 aliphatic carbocycles. The number of halogens is 2. The normalized spacial score (nSPS) is 22.2. The van der Waals surface area contributed by atoms with E-state index in [4.69, 9.17) is 20.3 Å². The number of aromatic carboxylic acids is 1. The molecule has 0 amide bonds. The Hall–Kier alpha value is -1.50. The topological polar surface area (TPSA) is 81.8 Å². The first-order chi connectivity index (χ1) is 7.32. The van der Waals surface area contributed by atoms with E-state index in [0.717, 1.165) is 13.0 Å². The number of carboxylic acid groups (broad SMARTS) is 1. The molecule has 7 heteroatoms. The van der Waals surface area contributed by atoms with Crippen LogP contribution in [-0.4, -0.2) is 17.1 Å². The number of nitrogens with two attached hydrogens (primary N) is 1. The number of nitrogen functional groups attached to an aromatic ring is 1. The Morgan fingerprint density at radius 2 is 2.25 bits per heavy atom. The van der Waals surface area contributed by atoms with Gasteiger partial charge in [0.25, 0.3) is 0 Å². The maximum absolute atomic E-state index is 13.4. The molecule has 0 spiro atoms. The van der Waals surface area contributed by atoms with Crippen LogP contribution < -0.4 is 15.2 Å². The number of alkyl halides is 1. The predicted molar refractivity (Wildman–Crippen MR) is 56.3 cm³/mol. The molecule has 1 heterocycles. The van der Waals surface area contributed by atoms with Crippen LogP contribution in [0, 0.1) is 0 Å². The number of anilines is 1. The highest BCUT2D eigenvalue weighted by Gasteiger charge is 2.39. The Morgan fingerprint density at radius 1 is 1.62 bits per heavy atom. The molecule has 2 rings (SSSR count). The van der Waals surface area contributed by atoms with Crippen molar-refractivity contribution in [3.05, 3.63) is 16.1 Å². The van der Waals surface area contributed by atoms with Crippen LogP contribution in [-0.2, 0) is 0 Å². The maximum atomic E-state index is 13.4. The highest BCUT2D eigenvalue weighted by atomic mass is 79.9. The van der Waals surface area contributed by atoms with E-state index in [1.807, 2.05) is 0 Å². The fourth-order valence-corrected chi connectivity index (χ4v) is 1.86. The quantitative estimate of drug-likeness (QED) is 0.775. The monoisotopic (exact) mass is 291 g/mol. The first kappa shape index (κ1) is 11.0. The second-order valence-corrected chi connectivity index (χ2v) is 4.12. The number of hydrogen-bond donors (Lipinski definition) is 2. The molecule has 16 heavy (non-hydrogen) atoms. The van der Waals surface area contributed by atoms with Crippen LogP contribution >= 0.6 is 15.9 Å². The van der Waals surface area contributed by atoms with Crippen LogP contribution in [0.25, 0.3) is 0 Å². The lowest BCUT2D eigenvalue weighted by atomic mass is 10.1. The lowest BCUT2D eigenvalue weighted by Gasteiger charge is -2.10. The second kappa shape index (κ2) is 3.24. The molecule has 1 aromatic carbocycles. The van der Waals surface area contributed by atoms with Crippen molar-refractivity contribution in [2.45, 2.75) is 13.0 Å². The van der Waals surface area contributed by atoms with E-state index in [1.165, 1.54) is 0 Å². The van der Waals surface area contributed by atoms with Crippen molar-refractivity contribution in [1.82, 2.24) is 0 Å². The average molecular weight is 292 g/mol. The third kappa shape index (κ3) is 1.57. The molecule has 0 fully saturated rings. The molecule has 1 atom stereocenters. The minimum atomic E-state index is -2.31. The molecule has 1 aromatic rings. The molecule has 86 valence electrons. The molecule has 5 nitrogen and oxygen atoms in total. The SMILES string of the molecule is CC1(F)Oc2cc(C(=O)O)c(N)c(Br)c2O1. The van der Waals surface area contributed by atoms with E-state index >= 15 is 0 Å². The minimum absolute atomic E-state index is 0.00322. The molecule has 3 N–H and O–H groups in total. The first-order valence-electron chi connectivity index (χ1n) is 4.24. The van der Waals surface area contributed by atoms with Gasteiger partial charge in [0.2, 0.25) is 0 Å². The van der Waals surface area contributed by atoms with Crippen molar-refractivity contribution >= 4 is 27.6 Å². The summed E-state index contributed by atoms with van der Waals surface area (Å²) in [5.74, 6) is -1.16. The first-order valence-corrected chi connectivity index (χ1v) is 5.03. The van der Waals surface area contributed by atoms with Gasteiger partial charge in [-0.15, -0.1) is 0 Å². The van der Waals surface area contributed by atoms with Gasteiger partial charge in [-0.3, -0.25) is 0 Å². The van der Waals surface area contributed by atoms with E-state index in [0.29, 0.717) is 0 Å². The number of carbonyl (C=O) groups is 1. The summed E-state index contributed by atoms with van der Waals surface area (Å²) in [5, 5.41) is 8.86. The number of hydrogen-bond acceptors (Lipinski definition) is 4. The third-order valence-corrected chi connectivity index (χ3v) is 2.82. The third-order valence-electron chi connectivity index (χ3n) is 2.03. The van der Waals surface area contributed by atoms with Gasteiger partial charge in [0.15, 0.2) is 11.5 Å². The van der Waals surface area contributed by atoms with Crippen LogP contribution in [0.3, 0.4) is 0 Å². The molecular formula is C9H7BrFNO4. The summed E-state index contributed by atoms with van der Waals surface area (Å²) in [7, 11) is 0. The molecule has 0 bridgehead atoms. The molecule has 1 aliphatic rings. The van der Waals surface area contributed by atoms with Crippen molar-refractivity contribution in [3.8, 4) is 11.5 Å². The van der Waals surface area contributed by atoms with Crippen LogP contribution in [0.2, 0.25) is 0 Å². The van der Waals surface area contributed by atoms with E-state index in [9.17, 15) is 9.18 Å². The van der Waals surface area contributed by atoms with Crippen molar-refractivity contribution in [2.24, 2.45) is 0 Å². The maximum Gasteiger partial charge on any atom is 0.404 e. The van der Waals surface area contributed by atoms with Crippen molar-refractivity contribution in [2.75, 3.05) is 5.73 Å². The molecule has 0 aromatic heterocycles. The summed E-state index contributed by atoms with van der Waals surface area (Å²) in [6.45, 7) is 1.07. The summed E-state index contributed by atoms with van der Waals surface area (Å²) in [4.78, 5) is 10.8. The Balaban J connectivity index is 2.62. The van der Waals surface area contributed by atoms with Crippen LogP contribution in [0.1, 0.15) is 17.3 Å². The van der Waals surface area contributed by atoms with Crippen molar-refractivity contribution < 1.29 is 23.8 Å². The number of rotatable bonds is 1. The summed E-state index contributed by atoms with van der Waals surface area (Å²) in [6, 6.07) is -1.18. The van der Waals surface area contributed by atoms with E-state index < -0.39 is 12.0 Å². The Labute approximate surface area is 98.1 Å². The zero-order chi connectivity index (χ0) is 12.1. The molecule has 1 unspecified atom stereocenters. The standard InChI is InChI=1S/C9H7BrFNO4/c1-9(11)15-4-2-3(8(13)14)6(12)5(10)7(4)16-9/h2H,12H2,1H3,(H,13,14). The van der Waals surface area contributed by atoms with Crippen LogP contribution in [0.4, 0.5) is 10.1 Å². The Kier molecular flexibility index (Phi) is 2.23. The largest absolute Gasteiger partial charge is 0.478 e. The summed E-state index contributed by atoms with van der Waals surface area (Å²) < 4.78 is 23.2. The van der Waals surface area contributed by atoms with Gasteiger partial charge in [-0.2, -0.15) is 4.39 Å². The van der Waals surface area contributed by atoms with E-state index in [-0.39, 0.29) is 27.2 Å². The fraction of sp³-hybridized carbons (Fsp3) is 0.222. The molecule has 0 saturated heterocycles. The Morgan fingerprint density at radius 3 is 2.81 bits per heavy atom. The van der Waals surface area contributed by atoms with Gasteiger partial charge in [-0.05, 0) is 15.9 Å². The lowest BCUT2D eigenvalue weighted by Crippen LogP contribution is -2.27. The Bertz CT molecular complexity index is 489. The molecule has 0 radical (unpaired) electrons. The molecular weight excluding hydrogens is 285 g/mol.